The molecule has 0 aromatic heterocycles. The molecule has 0 saturated heterocycles. The van der Waals surface area contributed by atoms with Crippen LogP contribution >= 0.6 is 11.8 Å². The third-order valence-electron chi connectivity index (χ3n) is 2.26. The van der Waals surface area contributed by atoms with Gasteiger partial charge in [0.25, 0.3) is 0 Å². The van der Waals surface area contributed by atoms with Crippen molar-refractivity contribution >= 4 is 23.9 Å². The highest BCUT2D eigenvalue weighted by atomic mass is 32.2. The zero-order valence-electron chi connectivity index (χ0n) is 9.33. The predicted octanol–water partition coefficient (Wildman–Crippen LogP) is 4.86. The maximum Gasteiger partial charge on any atom is 0.00783 e. The Morgan fingerprint density at radius 1 is 1.20 bits per heavy atom. The SMILES string of the molecule is C=Cc1ccc(SCCCC)cc1C=C. The molecule has 0 atom stereocenters. The summed E-state index contributed by atoms with van der Waals surface area (Å²) in [6, 6.07) is 6.45. The molecule has 0 aliphatic carbocycles. The van der Waals surface area contributed by atoms with Crippen LogP contribution in [-0.4, -0.2) is 5.75 Å². The largest absolute Gasteiger partial charge is 0.126 e. The van der Waals surface area contributed by atoms with E-state index in [1.54, 1.807) is 0 Å². The van der Waals surface area contributed by atoms with E-state index in [2.05, 4.69) is 38.3 Å². The van der Waals surface area contributed by atoms with Crippen LogP contribution in [-0.2, 0) is 0 Å². The summed E-state index contributed by atoms with van der Waals surface area (Å²) in [5.74, 6) is 1.19. The molecule has 0 amide bonds. The van der Waals surface area contributed by atoms with Crippen molar-refractivity contribution in [2.75, 3.05) is 5.75 Å². The van der Waals surface area contributed by atoms with Crippen LogP contribution in [0.3, 0.4) is 0 Å². The molecule has 1 aromatic rings. The van der Waals surface area contributed by atoms with Crippen molar-refractivity contribution in [2.24, 2.45) is 0 Å². The second kappa shape index (κ2) is 6.52. The summed E-state index contributed by atoms with van der Waals surface area (Å²) in [6.45, 7) is 9.83. The van der Waals surface area contributed by atoms with Crippen molar-refractivity contribution in [3.8, 4) is 0 Å². The topological polar surface area (TPSA) is 0 Å². The second-order valence-corrected chi connectivity index (χ2v) is 4.57. The minimum atomic E-state index is 1.16. The highest BCUT2D eigenvalue weighted by molar-refractivity contribution is 7.99. The Morgan fingerprint density at radius 2 is 1.93 bits per heavy atom. The van der Waals surface area contributed by atoms with Gasteiger partial charge in [0.1, 0.15) is 0 Å². The van der Waals surface area contributed by atoms with Crippen LogP contribution in [0.2, 0.25) is 0 Å². The zero-order chi connectivity index (χ0) is 11.1. The summed E-state index contributed by atoms with van der Waals surface area (Å²) in [5, 5.41) is 0. The van der Waals surface area contributed by atoms with Gasteiger partial charge in [-0.25, -0.2) is 0 Å². The lowest BCUT2D eigenvalue weighted by Gasteiger charge is -2.05. The number of hydrogen-bond donors (Lipinski definition) is 0. The molecule has 15 heavy (non-hydrogen) atoms. The molecule has 0 heterocycles. The standard InChI is InChI=1S/C14H18S/c1-4-7-10-15-14-9-8-12(5-2)13(6-3)11-14/h5-6,8-9,11H,2-4,7,10H2,1H3. The van der Waals surface area contributed by atoms with Crippen LogP contribution in [0.25, 0.3) is 12.2 Å². The molecular weight excluding hydrogens is 200 g/mol. The van der Waals surface area contributed by atoms with Gasteiger partial charge in [0.05, 0.1) is 0 Å². The molecule has 80 valence electrons. The van der Waals surface area contributed by atoms with E-state index >= 15 is 0 Å². The van der Waals surface area contributed by atoms with Gasteiger partial charge < -0.3 is 0 Å². The van der Waals surface area contributed by atoms with Crippen LogP contribution < -0.4 is 0 Å². The fourth-order valence-corrected chi connectivity index (χ4v) is 2.38. The van der Waals surface area contributed by atoms with Crippen molar-refractivity contribution in [1.82, 2.24) is 0 Å². The average molecular weight is 218 g/mol. The molecule has 0 unspecified atom stereocenters. The molecule has 1 aromatic carbocycles. The minimum absolute atomic E-state index is 1.16. The Balaban J connectivity index is 2.74. The third-order valence-corrected chi connectivity index (χ3v) is 3.34. The predicted molar refractivity (Wildman–Crippen MR) is 72.3 cm³/mol. The molecule has 0 N–H and O–H groups in total. The lowest BCUT2D eigenvalue weighted by Crippen LogP contribution is -1.83. The molecule has 1 heteroatoms. The highest BCUT2D eigenvalue weighted by Gasteiger charge is 1.98. The lowest BCUT2D eigenvalue weighted by atomic mass is 10.1. The van der Waals surface area contributed by atoms with Gasteiger partial charge in [0.15, 0.2) is 0 Å². The van der Waals surface area contributed by atoms with Gasteiger partial charge in [-0.3, -0.25) is 0 Å². The van der Waals surface area contributed by atoms with Crippen molar-refractivity contribution in [1.29, 1.82) is 0 Å². The van der Waals surface area contributed by atoms with E-state index in [4.69, 9.17) is 0 Å². The third kappa shape index (κ3) is 3.60. The Hall–Kier alpha value is -0.950. The summed E-state index contributed by atoms with van der Waals surface area (Å²) < 4.78 is 0. The molecule has 0 fully saturated rings. The fourth-order valence-electron chi connectivity index (χ4n) is 1.34. The summed E-state index contributed by atoms with van der Waals surface area (Å²) in [6.07, 6.45) is 6.29. The van der Waals surface area contributed by atoms with Crippen molar-refractivity contribution in [3.05, 3.63) is 42.5 Å². The smallest absolute Gasteiger partial charge is 0.00783 e. The molecule has 0 bridgehead atoms. The molecule has 1 rings (SSSR count). The van der Waals surface area contributed by atoms with Gasteiger partial charge >= 0.3 is 0 Å². The zero-order valence-corrected chi connectivity index (χ0v) is 10.1. The number of rotatable bonds is 6. The van der Waals surface area contributed by atoms with Crippen LogP contribution in [0.15, 0.2) is 36.3 Å². The van der Waals surface area contributed by atoms with Gasteiger partial charge in [-0.1, -0.05) is 44.7 Å². The van der Waals surface area contributed by atoms with Crippen LogP contribution in [0.5, 0.6) is 0 Å². The van der Waals surface area contributed by atoms with E-state index in [1.165, 1.54) is 29.1 Å². The van der Waals surface area contributed by atoms with Crippen molar-refractivity contribution < 1.29 is 0 Å². The number of hydrogen-bond acceptors (Lipinski definition) is 1. The maximum absolute atomic E-state index is 3.82. The molecule has 0 spiro atoms. The van der Waals surface area contributed by atoms with E-state index in [-0.39, 0.29) is 0 Å². The number of benzene rings is 1. The summed E-state index contributed by atoms with van der Waals surface area (Å²) in [4.78, 5) is 1.32. The average Bonchev–Trinajstić information content (AvgIpc) is 2.29. The Morgan fingerprint density at radius 3 is 2.53 bits per heavy atom. The van der Waals surface area contributed by atoms with Crippen molar-refractivity contribution in [2.45, 2.75) is 24.7 Å². The summed E-state index contributed by atoms with van der Waals surface area (Å²) in [7, 11) is 0. The monoisotopic (exact) mass is 218 g/mol. The van der Waals surface area contributed by atoms with E-state index in [0.717, 1.165) is 5.56 Å². The van der Waals surface area contributed by atoms with E-state index in [1.807, 2.05) is 23.9 Å². The lowest BCUT2D eigenvalue weighted by molar-refractivity contribution is 0.896. The van der Waals surface area contributed by atoms with Gasteiger partial charge in [0, 0.05) is 4.90 Å². The summed E-state index contributed by atoms with van der Waals surface area (Å²) >= 11 is 1.91. The quantitative estimate of drug-likeness (QED) is 0.485. The first-order chi connectivity index (χ1) is 7.31. The van der Waals surface area contributed by atoms with Crippen molar-refractivity contribution in [3.63, 3.8) is 0 Å². The molecule has 0 aliphatic rings. The molecule has 0 nitrogen and oxygen atoms in total. The van der Waals surface area contributed by atoms with E-state index < -0.39 is 0 Å². The molecule has 0 radical (unpaired) electrons. The Kier molecular flexibility index (Phi) is 5.27. The van der Waals surface area contributed by atoms with Crippen LogP contribution in [0.1, 0.15) is 30.9 Å². The number of thioether (sulfide) groups is 1. The normalized spacial score (nSPS) is 9.93. The maximum atomic E-state index is 3.82. The Labute approximate surface area is 97.1 Å². The molecule has 0 saturated carbocycles. The first kappa shape index (κ1) is 12.1. The van der Waals surface area contributed by atoms with Crippen LogP contribution in [0, 0.1) is 0 Å². The Bertz CT molecular complexity index is 339. The first-order valence-corrected chi connectivity index (χ1v) is 6.32. The summed E-state index contributed by atoms with van der Waals surface area (Å²) in [5.41, 5.74) is 2.33. The van der Waals surface area contributed by atoms with E-state index in [0.29, 0.717) is 0 Å². The second-order valence-electron chi connectivity index (χ2n) is 3.40. The molecular formula is C14H18S. The fraction of sp³-hybridized carbons (Fsp3) is 0.286. The van der Waals surface area contributed by atoms with Gasteiger partial charge in [-0.15, -0.1) is 11.8 Å². The highest BCUT2D eigenvalue weighted by Crippen LogP contribution is 2.23. The minimum Gasteiger partial charge on any atom is -0.126 e. The van der Waals surface area contributed by atoms with Gasteiger partial charge in [-0.05, 0) is 35.4 Å². The molecule has 0 aliphatic heterocycles. The number of unbranched alkanes of at least 4 members (excludes halogenated alkanes) is 1. The van der Waals surface area contributed by atoms with Crippen LogP contribution in [0.4, 0.5) is 0 Å². The van der Waals surface area contributed by atoms with Gasteiger partial charge in [0.2, 0.25) is 0 Å². The first-order valence-electron chi connectivity index (χ1n) is 5.33. The van der Waals surface area contributed by atoms with E-state index in [9.17, 15) is 0 Å². The van der Waals surface area contributed by atoms with Gasteiger partial charge in [-0.2, -0.15) is 0 Å².